The number of halogens is 3. The van der Waals surface area contributed by atoms with Crippen molar-refractivity contribution in [1.29, 1.82) is 0 Å². The van der Waals surface area contributed by atoms with E-state index in [1.54, 1.807) is 4.90 Å². The minimum absolute atomic E-state index is 0.00240. The standard InChI is InChI=1S/C23H21F3N2O4S/c24-23(25,26)17-5-4-8-20(15-17)33(30,31)16-19-9-10-21(32-19)22(29)28-13-11-27(12-14-28)18-6-2-1-3-7-18/h1-10,15H,11-14,16H2. The van der Waals surface area contributed by atoms with Crippen LogP contribution in [0.15, 0.2) is 76.0 Å². The third-order valence-corrected chi connectivity index (χ3v) is 7.05. The van der Waals surface area contributed by atoms with Gasteiger partial charge in [0.25, 0.3) is 5.91 Å². The van der Waals surface area contributed by atoms with Crippen molar-refractivity contribution in [3.63, 3.8) is 0 Å². The van der Waals surface area contributed by atoms with Crippen LogP contribution in [0.5, 0.6) is 0 Å². The van der Waals surface area contributed by atoms with E-state index in [1.807, 2.05) is 30.3 Å². The fraction of sp³-hybridized carbons (Fsp3) is 0.261. The summed E-state index contributed by atoms with van der Waals surface area (Å²) in [5.74, 6) is -1.02. The molecule has 1 aromatic heterocycles. The van der Waals surface area contributed by atoms with Gasteiger partial charge >= 0.3 is 6.18 Å². The van der Waals surface area contributed by atoms with E-state index < -0.39 is 32.2 Å². The van der Waals surface area contributed by atoms with Crippen molar-refractivity contribution in [2.45, 2.75) is 16.8 Å². The van der Waals surface area contributed by atoms with Gasteiger partial charge in [-0.3, -0.25) is 4.79 Å². The molecule has 6 nitrogen and oxygen atoms in total. The molecule has 0 bridgehead atoms. The van der Waals surface area contributed by atoms with Gasteiger partial charge in [-0.25, -0.2) is 8.42 Å². The summed E-state index contributed by atoms with van der Waals surface area (Å²) < 4.78 is 69.4. The van der Waals surface area contributed by atoms with E-state index in [9.17, 15) is 26.4 Å². The van der Waals surface area contributed by atoms with Gasteiger partial charge in [-0.15, -0.1) is 0 Å². The summed E-state index contributed by atoms with van der Waals surface area (Å²) in [6, 6.07) is 16.1. The van der Waals surface area contributed by atoms with Gasteiger partial charge < -0.3 is 14.2 Å². The summed E-state index contributed by atoms with van der Waals surface area (Å²) in [7, 11) is -4.10. The van der Waals surface area contributed by atoms with E-state index in [1.165, 1.54) is 12.1 Å². The fourth-order valence-electron chi connectivity index (χ4n) is 3.67. The molecule has 1 aliphatic rings. The number of alkyl halides is 3. The molecule has 3 aromatic rings. The summed E-state index contributed by atoms with van der Waals surface area (Å²) in [5, 5.41) is 0. The average Bonchev–Trinajstić information content (AvgIpc) is 3.26. The van der Waals surface area contributed by atoms with Crippen molar-refractivity contribution in [2.24, 2.45) is 0 Å². The first-order chi connectivity index (χ1) is 15.6. The van der Waals surface area contributed by atoms with Gasteiger partial charge in [0, 0.05) is 31.9 Å². The van der Waals surface area contributed by atoms with Gasteiger partial charge in [-0.2, -0.15) is 13.2 Å². The maximum Gasteiger partial charge on any atom is 0.416 e. The Bertz CT molecular complexity index is 1230. The molecule has 0 atom stereocenters. The van der Waals surface area contributed by atoms with Crippen molar-refractivity contribution >= 4 is 21.4 Å². The Hall–Kier alpha value is -3.27. The lowest BCUT2D eigenvalue weighted by Crippen LogP contribution is -2.48. The molecule has 2 aromatic carbocycles. The van der Waals surface area contributed by atoms with Crippen LogP contribution in [0.4, 0.5) is 18.9 Å². The Balaban J connectivity index is 1.41. The predicted octanol–water partition coefficient (Wildman–Crippen LogP) is 4.23. The van der Waals surface area contributed by atoms with Crippen LogP contribution in [0.2, 0.25) is 0 Å². The number of carbonyl (C=O) groups excluding carboxylic acids is 1. The second-order valence-corrected chi connectivity index (χ2v) is 9.66. The van der Waals surface area contributed by atoms with Gasteiger partial charge in [0.15, 0.2) is 15.6 Å². The molecule has 174 valence electrons. The number of piperazine rings is 1. The number of hydrogen-bond donors (Lipinski definition) is 0. The normalized spacial score (nSPS) is 15.0. The number of carbonyl (C=O) groups is 1. The van der Waals surface area contributed by atoms with Gasteiger partial charge in [0.1, 0.15) is 11.5 Å². The van der Waals surface area contributed by atoms with Crippen molar-refractivity contribution in [1.82, 2.24) is 4.90 Å². The number of benzene rings is 2. The zero-order valence-corrected chi connectivity index (χ0v) is 18.3. The molecule has 4 rings (SSSR count). The third kappa shape index (κ3) is 5.22. The molecule has 1 aliphatic heterocycles. The molecule has 0 aliphatic carbocycles. The molecule has 0 N–H and O–H groups in total. The molecule has 0 radical (unpaired) electrons. The van der Waals surface area contributed by atoms with Crippen molar-refractivity contribution in [3.8, 4) is 0 Å². The lowest BCUT2D eigenvalue weighted by molar-refractivity contribution is -0.137. The van der Waals surface area contributed by atoms with Gasteiger partial charge in [-0.05, 0) is 42.5 Å². The second-order valence-electron chi connectivity index (χ2n) is 7.67. The highest BCUT2D eigenvalue weighted by atomic mass is 32.2. The number of rotatable bonds is 5. The zero-order valence-electron chi connectivity index (χ0n) is 17.5. The van der Waals surface area contributed by atoms with Gasteiger partial charge in [0.05, 0.1) is 10.5 Å². The Morgan fingerprint density at radius 3 is 2.27 bits per heavy atom. The molecule has 2 heterocycles. The van der Waals surface area contributed by atoms with Crippen LogP contribution >= 0.6 is 0 Å². The zero-order chi connectivity index (χ0) is 23.6. The van der Waals surface area contributed by atoms with E-state index in [-0.39, 0.29) is 17.4 Å². The topological polar surface area (TPSA) is 70.8 Å². The first kappa shape index (κ1) is 22.9. The number of nitrogens with zero attached hydrogens (tertiary/aromatic N) is 2. The Labute approximate surface area is 189 Å². The minimum Gasteiger partial charge on any atom is -0.455 e. The quantitative estimate of drug-likeness (QED) is 0.549. The Morgan fingerprint density at radius 2 is 1.61 bits per heavy atom. The molecule has 1 saturated heterocycles. The van der Waals surface area contributed by atoms with Crippen LogP contribution in [0.3, 0.4) is 0 Å². The fourth-order valence-corrected chi connectivity index (χ4v) is 4.96. The molecule has 0 spiro atoms. The molecule has 0 saturated carbocycles. The predicted molar refractivity (Wildman–Crippen MR) is 116 cm³/mol. The van der Waals surface area contributed by atoms with Crippen LogP contribution in [-0.4, -0.2) is 45.4 Å². The van der Waals surface area contributed by atoms with E-state index >= 15 is 0 Å². The summed E-state index contributed by atoms with van der Waals surface area (Å²) >= 11 is 0. The average molecular weight is 478 g/mol. The minimum atomic E-state index is -4.65. The SMILES string of the molecule is O=C(c1ccc(CS(=O)(=O)c2cccc(C(F)(F)F)c2)o1)N1CCN(c2ccccc2)CC1. The maximum absolute atomic E-state index is 12.9. The third-order valence-electron chi connectivity index (χ3n) is 5.41. The lowest BCUT2D eigenvalue weighted by atomic mass is 10.2. The molecular weight excluding hydrogens is 457 g/mol. The molecule has 1 amide bonds. The van der Waals surface area contributed by atoms with Crippen LogP contribution in [0, 0.1) is 0 Å². The van der Waals surface area contributed by atoms with Gasteiger partial charge in [0.2, 0.25) is 0 Å². The Morgan fingerprint density at radius 1 is 0.909 bits per heavy atom. The summed E-state index contributed by atoms with van der Waals surface area (Å²) in [4.78, 5) is 16.1. The lowest BCUT2D eigenvalue weighted by Gasteiger charge is -2.35. The highest BCUT2D eigenvalue weighted by Crippen LogP contribution is 2.31. The summed E-state index contributed by atoms with van der Waals surface area (Å²) in [5.41, 5.74) is 0.0261. The number of sulfone groups is 1. The smallest absolute Gasteiger partial charge is 0.416 e. The van der Waals surface area contributed by atoms with Crippen LogP contribution in [0.1, 0.15) is 21.9 Å². The number of para-hydroxylation sites is 1. The van der Waals surface area contributed by atoms with Crippen molar-refractivity contribution in [2.75, 3.05) is 31.1 Å². The van der Waals surface area contributed by atoms with E-state index in [2.05, 4.69) is 4.90 Å². The van der Waals surface area contributed by atoms with Gasteiger partial charge in [-0.1, -0.05) is 24.3 Å². The van der Waals surface area contributed by atoms with E-state index in [0.29, 0.717) is 32.2 Å². The highest BCUT2D eigenvalue weighted by molar-refractivity contribution is 7.90. The van der Waals surface area contributed by atoms with E-state index in [4.69, 9.17) is 4.42 Å². The highest BCUT2D eigenvalue weighted by Gasteiger charge is 2.32. The molecule has 0 unspecified atom stereocenters. The number of amides is 1. The van der Waals surface area contributed by atoms with E-state index in [0.717, 1.165) is 23.9 Å². The number of anilines is 1. The van der Waals surface area contributed by atoms with Crippen LogP contribution in [-0.2, 0) is 21.8 Å². The molecule has 1 fully saturated rings. The number of furan rings is 1. The molecular formula is C23H21F3N2O4S. The first-order valence-corrected chi connectivity index (χ1v) is 11.9. The summed E-state index contributed by atoms with van der Waals surface area (Å²) in [6.07, 6.45) is -4.65. The summed E-state index contributed by atoms with van der Waals surface area (Å²) in [6.45, 7) is 2.25. The number of hydrogen-bond acceptors (Lipinski definition) is 5. The maximum atomic E-state index is 12.9. The molecule has 33 heavy (non-hydrogen) atoms. The van der Waals surface area contributed by atoms with Crippen LogP contribution in [0.25, 0.3) is 0 Å². The first-order valence-electron chi connectivity index (χ1n) is 10.2. The van der Waals surface area contributed by atoms with Crippen molar-refractivity contribution < 1.29 is 30.8 Å². The molecule has 10 heteroatoms. The monoisotopic (exact) mass is 478 g/mol. The largest absolute Gasteiger partial charge is 0.455 e. The van der Waals surface area contributed by atoms with Crippen LogP contribution < -0.4 is 4.90 Å². The second kappa shape index (κ2) is 8.93. The van der Waals surface area contributed by atoms with Crippen molar-refractivity contribution in [3.05, 3.63) is 83.8 Å². The Kier molecular flexibility index (Phi) is 6.20.